The molecule has 3 rings (SSSR count). The van der Waals surface area contributed by atoms with E-state index in [0.29, 0.717) is 22.9 Å². The number of ether oxygens (including phenoxy) is 3. The number of sulfonamides is 1. The minimum Gasteiger partial charge on any atom is -0.493 e. The summed E-state index contributed by atoms with van der Waals surface area (Å²) in [4.78, 5) is 13.2. The van der Waals surface area contributed by atoms with Gasteiger partial charge in [0.1, 0.15) is 10.3 Å². The van der Waals surface area contributed by atoms with Crippen molar-refractivity contribution in [1.29, 1.82) is 0 Å². The zero-order valence-electron chi connectivity index (χ0n) is 17.8. The molecule has 1 heterocycles. The number of anilines is 1. The number of hydrogen-bond donors (Lipinski definition) is 2. The van der Waals surface area contributed by atoms with Gasteiger partial charge in [-0.1, -0.05) is 36.4 Å². The van der Waals surface area contributed by atoms with Crippen molar-refractivity contribution < 1.29 is 27.4 Å². The van der Waals surface area contributed by atoms with Gasteiger partial charge in [0.15, 0.2) is 11.5 Å². The van der Waals surface area contributed by atoms with E-state index >= 15 is 0 Å². The van der Waals surface area contributed by atoms with Gasteiger partial charge in [-0.2, -0.15) is 4.72 Å². The molecule has 3 aromatic rings. The van der Waals surface area contributed by atoms with E-state index < -0.39 is 22.0 Å². The average molecular weight is 477 g/mol. The second-order valence-corrected chi connectivity index (χ2v) is 9.59. The fourth-order valence-corrected chi connectivity index (χ4v) is 5.29. The van der Waals surface area contributed by atoms with Crippen LogP contribution < -0.4 is 24.2 Å². The monoisotopic (exact) mass is 476 g/mol. The second kappa shape index (κ2) is 10.5. The van der Waals surface area contributed by atoms with Crippen LogP contribution in [0, 0.1) is 0 Å². The van der Waals surface area contributed by atoms with Crippen LogP contribution in [0.5, 0.6) is 17.2 Å². The lowest BCUT2D eigenvalue weighted by Crippen LogP contribution is -2.45. The summed E-state index contributed by atoms with van der Waals surface area (Å²) in [5, 5.41) is 4.42. The van der Waals surface area contributed by atoms with Crippen molar-refractivity contribution in [2.75, 3.05) is 26.6 Å². The maximum Gasteiger partial charge on any atom is 0.250 e. The van der Waals surface area contributed by atoms with Crippen LogP contribution in [0.4, 0.5) is 5.69 Å². The van der Waals surface area contributed by atoms with Crippen molar-refractivity contribution in [2.45, 2.75) is 16.7 Å². The van der Waals surface area contributed by atoms with E-state index in [-0.39, 0.29) is 10.6 Å². The highest BCUT2D eigenvalue weighted by atomic mass is 32.2. The molecular formula is C22H24N2O6S2. The number of nitrogens with one attached hydrogen (secondary N) is 2. The Bertz CT molecular complexity index is 1120. The molecule has 0 aliphatic carbocycles. The average Bonchev–Trinajstić information content (AvgIpc) is 3.34. The van der Waals surface area contributed by atoms with Gasteiger partial charge >= 0.3 is 0 Å². The number of amides is 1. The minimum absolute atomic E-state index is 0.135. The van der Waals surface area contributed by atoms with Crippen LogP contribution in [0.15, 0.2) is 64.2 Å². The highest BCUT2D eigenvalue weighted by molar-refractivity contribution is 7.91. The quantitative estimate of drug-likeness (QED) is 0.465. The molecule has 0 spiro atoms. The predicted octanol–water partition coefficient (Wildman–Crippen LogP) is 3.30. The first kappa shape index (κ1) is 23.6. The van der Waals surface area contributed by atoms with Gasteiger partial charge in [-0.3, -0.25) is 4.79 Å². The van der Waals surface area contributed by atoms with Crippen LogP contribution in [0.1, 0.15) is 5.56 Å². The fourth-order valence-electron chi connectivity index (χ4n) is 3.08. The molecule has 1 amide bonds. The lowest BCUT2D eigenvalue weighted by Gasteiger charge is -2.19. The molecule has 0 saturated heterocycles. The highest BCUT2D eigenvalue weighted by Gasteiger charge is 2.27. The molecule has 0 radical (unpaired) electrons. The van der Waals surface area contributed by atoms with Gasteiger partial charge in [0.25, 0.3) is 10.0 Å². The first-order valence-corrected chi connectivity index (χ1v) is 11.9. The third kappa shape index (κ3) is 5.58. The number of thiophene rings is 1. The molecule has 2 aromatic carbocycles. The van der Waals surface area contributed by atoms with Crippen LogP contribution >= 0.6 is 11.3 Å². The van der Waals surface area contributed by atoms with E-state index in [4.69, 9.17) is 14.2 Å². The normalized spacial score (nSPS) is 12.1. The molecule has 0 unspecified atom stereocenters. The summed E-state index contributed by atoms with van der Waals surface area (Å²) >= 11 is 1.08. The summed E-state index contributed by atoms with van der Waals surface area (Å²) < 4.78 is 44.2. The Labute approximate surface area is 191 Å². The predicted molar refractivity (Wildman–Crippen MR) is 123 cm³/mol. The molecule has 0 saturated carbocycles. The lowest BCUT2D eigenvalue weighted by atomic mass is 10.1. The van der Waals surface area contributed by atoms with Crippen molar-refractivity contribution in [3.63, 3.8) is 0 Å². The van der Waals surface area contributed by atoms with Crippen LogP contribution in [0.3, 0.4) is 0 Å². The third-order valence-electron chi connectivity index (χ3n) is 4.59. The van der Waals surface area contributed by atoms with Gasteiger partial charge in [-0.25, -0.2) is 8.42 Å². The molecule has 0 aliphatic heterocycles. The molecule has 0 aliphatic rings. The Hall–Kier alpha value is -3.08. The van der Waals surface area contributed by atoms with Crippen LogP contribution in [0.25, 0.3) is 0 Å². The van der Waals surface area contributed by atoms with E-state index in [0.717, 1.165) is 16.9 Å². The molecule has 2 N–H and O–H groups in total. The van der Waals surface area contributed by atoms with Gasteiger partial charge in [-0.15, -0.1) is 11.3 Å². The highest BCUT2D eigenvalue weighted by Crippen LogP contribution is 2.40. The Morgan fingerprint density at radius 2 is 1.62 bits per heavy atom. The summed E-state index contributed by atoms with van der Waals surface area (Å²) in [7, 11) is 0.545. The summed E-state index contributed by atoms with van der Waals surface area (Å²) in [6.45, 7) is 0. The Kier molecular flexibility index (Phi) is 7.73. The SMILES string of the molecule is COc1cc(NC(=O)[C@H](Cc2ccccc2)NS(=O)(=O)c2cccs2)cc(OC)c1OC. The summed E-state index contributed by atoms with van der Waals surface area (Å²) in [5.74, 6) is 0.581. The van der Waals surface area contributed by atoms with E-state index in [9.17, 15) is 13.2 Å². The number of carbonyl (C=O) groups is 1. The van der Waals surface area contributed by atoms with Crippen LogP contribution in [-0.2, 0) is 21.2 Å². The Balaban J connectivity index is 1.90. The molecule has 1 atom stereocenters. The van der Waals surface area contributed by atoms with Gasteiger partial charge in [-0.05, 0) is 23.4 Å². The Morgan fingerprint density at radius 3 is 2.16 bits per heavy atom. The molecule has 0 fully saturated rings. The summed E-state index contributed by atoms with van der Waals surface area (Å²) in [6, 6.07) is 14.4. The van der Waals surface area contributed by atoms with E-state index in [1.807, 2.05) is 30.3 Å². The van der Waals surface area contributed by atoms with Crippen molar-refractivity contribution in [2.24, 2.45) is 0 Å². The van der Waals surface area contributed by atoms with E-state index in [1.165, 1.54) is 27.4 Å². The third-order valence-corrected chi connectivity index (χ3v) is 7.46. The maximum absolute atomic E-state index is 13.2. The number of benzene rings is 2. The number of rotatable bonds is 10. The van der Waals surface area contributed by atoms with Crippen molar-refractivity contribution in [3.05, 3.63) is 65.5 Å². The van der Waals surface area contributed by atoms with E-state index in [1.54, 1.807) is 23.6 Å². The first-order valence-electron chi connectivity index (χ1n) is 9.58. The molecule has 32 heavy (non-hydrogen) atoms. The van der Waals surface area contributed by atoms with Crippen LogP contribution in [-0.4, -0.2) is 41.7 Å². The zero-order chi connectivity index (χ0) is 23.1. The lowest BCUT2D eigenvalue weighted by molar-refractivity contribution is -0.117. The van der Waals surface area contributed by atoms with Gasteiger partial charge in [0.05, 0.1) is 21.3 Å². The number of carbonyl (C=O) groups excluding carboxylic acids is 1. The first-order chi connectivity index (χ1) is 15.4. The topological polar surface area (TPSA) is 103 Å². The molecular weight excluding hydrogens is 452 g/mol. The largest absolute Gasteiger partial charge is 0.493 e. The van der Waals surface area contributed by atoms with Crippen molar-refractivity contribution in [1.82, 2.24) is 4.72 Å². The molecule has 10 heteroatoms. The maximum atomic E-state index is 13.2. The van der Waals surface area contributed by atoms with Gasteiger partial charge < -0.3 is 19.5 Å². The van der Waals surface area contributed by atoms with E-state index in [2.05, 4.69) is 10.0 Å². The number of methoxy groups -OCH3 is 3. The van der Waals surface area contributed by atoms with Gasteiger partial charge in [0.2, 0.25) is 11.7 Å². The fraction of sp³-hybridized carbons (Fsp3) is 0.227. The van der Waals surface area contributed by atoms with Crippen LogP contribution in [0.2, 0.25) is 0 Å². The Morgan fingerprint density at radius 1 is 0.969 bits per heavy atom. The molecule has 0 bridgehead atoms. The second-order valence-electron chi connectivity index (χ2n) is 6.70. The summed E-state index contributed by atoms with van der Waals surface area (Å²) in [6.07, 6.45) is 0.168. The zero-order valence-corrected chi connectivity index (χ0v) is 19.5. The molecule has 170 valence electrons. The standard InChI is InChI=1S/C22H24N2O6S2/c1-28-18-13-16(14-19(29-2)21(18)30-3)23-22(25)17(12-15-8-5-4-6-9-15)24-32(26,27)20-10-7-11-31-20/h4-11,13-14,17,24H,12H2,1-3H3,(H,23,25)/t17-/m0/s1. The van der Waals surface area contributed by atoms with Crippen molar-refractivity contribution >= 4 is 33.0 Å². The number of hydrogen-bond acceptors (Lipinski definition) is 7. The smallest absolute Gasteiger partial charge is 0.250 e. The van der Waals surface area contributed by atoms with Crippen molar-refractivity contribution in [3.8, 4) is 17.2 Å². The molecule has 8 nitrogen and oxygen atoms in total. The minimum atomic E-state index is -3.87. The van der Waals surface area contributed by atoms with Gasteiger partial charge in [0, 0.05) is 17.8 Å². The molecule has 1 aromatic heterocycles. The summed E-state index contributed by atoms with van der Waals surface area (Å²) in [5.41, 5.74) is 1.18.